The van der Waals surface area contributed by atoms with Gasteiger partial charge in [0.05, 0.1) is 29.8 Å². The molecule has 4 rings (SSSR count). The van der Waals surface area contributed by atoms with Crippen molar-refractivity contribution < 1.29 is 27.0 Å². The van der Waals surface area contributed by atoms with Crippen LogP contribution in [-0.2, 0) is 10.0 Å². The molecule has 0 aliphatic carbocycles. The van der Waals surface area contributed by atoms with Gasteiger partial charge in [0.1, 0.15) is 17.2 Å². The molecule has 3 aromatic rings. The van der Waals surface area contributed by atoms with E-state index in [2.05, 4.69) is 10.0 Å². The van der Waals surface area contributed by atoms with E-state index in [4.69, 9.17) is 25.8 Å². The van der Waals surface area contributed by atoms with Gasteiger partial charge in [0.2, 0.25) is 0 Å². The van der Waals surface area contributed by atoms with E-state index in [0.29, 0.717) is 34.2 Å². The van der Waals surface area contributed by atoms with Gasteiger partial charge in [-0.2, -0.15) is 0 Å². The second kappa shape index (κ2) is 9.93. The summed E-state index contributed by atoms with van der Waals surface area (Å²) in [6, 6.07) is 13.1. The molecule has 3 aromatic carbocycles. The van der Waals surface area contributed by atoms with E-state index in [1.54, 1.807) is 24.3 Å². The third-order valence-corrected chi connectivity index (χ3v) is 7.53. The first-order valence-corrected chi connectivity index (χ1v) is 12.7. The standard InChI is InChI=1S/C25H26ClFN2O5S/c1-25(10-11-28-15-25)34-21-12-18(8-9-20(21)26)29-35(30,31)24-14-23(33-3)22(32-2)13-19(24)16-4-6-17(27)7-5-16/h4-9,12-14,28-29H,10-11,15H2,1-3H3/t25-/m1/s1. The van der Waals surface area contributed by atoms with Gasteiger partial charge in [-0.25, -0.2) is 12.8 Å². The first kappa shape index (κ1) is 25.1. The van der Waals surface area contributed by atoms with E-state index in [-0.39, 0.29) is 16.3 Å². The van der Waals surface area contributed by atoms with Crippen LogP contribution in [-0.4, -0.2) is 41.3 Å². The largest absolute Gasteiger partial charge is 0.493 e. The van der Waals surface area contributed by atoms with Crippen molar-refractivity contribution in [1.82, 2.24) is 5.32 Å². The number of methoxy groups -OCH3 is 2. The fourth-order valence-corrected chi connectivity index (χ4v) is 5.37. The van der Waals surface area contributed by atoms with Crippen molar-refractivity contribution in [3.8, 4) is 28.4 Å². The van der Waals surface area contributed by atoms with Crippen molar-refractivity contribution in [3.63, 3.8) is 0 Å². The second-order valence-corrected chi connectivity index (χ2v) is 10.5. The summed E-state index contributed by atoms with van der Waals surface area (Å²) in [4.78, 5) is -0.0638. The predicted molar refractivity (Wildman–Crippen MR) is 134 cm³/mol. The molecule has 1 saturated heterocycles. The monoisotopic (exact) mass is 520 g/mol. The molecule has 1 aliphatic heterocycles. The van der Waals surface area contributed by atoms with Gasteiger partial charge in [-0.3, -0.25) is 4.72 Å². The Morgan fingerprint density at radius 1 is 1.00 bits per heavy atom. The highest BCUT2D eigenvalue weighted by Gasteiger charge is 2.31. The minimum atomic E-state index is -4.12. The molecular weight excluding hydrogens is 495 g/mol. The molecule has 186 valence electrons. The Kier molecular flexibility index (Phi) is 7.12. The normalized spacial score (nSPS) is 17.7. The predicted octanol–water partition coefficient (Wildman–Crippen LogP) is 5.09. The summed E-state index contributed by atoms with van der Waals surface area (Å²) in [5.41, 5.74) is 0.652. The van der Waals surface area contributed by atoms with Gasteiger partial charge in [-0.1, -0.05) is 23.7 Å². The summed E-state index contributed by atoms with van der Waals surface area (Å²) in [5.74, 6) is 0.521. The van der Waals surface area contributed by atoms with Crippen molar-refractivity contribution in [3.05, 3.63) is 65.4 Å². The lowest BCUT2D eigenvalue weighted by molar-refractivity contribution is 0.111. The topological polar surface area (TPSA) is 85.9 Å². The third kappa shape index (κ3) is 5.47. The van der Waals surface area contributed by atoms with Crippen LogP contribution in [0.5, 0.6) is 17.2 Å². The summed E-state index contributed by atoms with van der Waals surface area (Å²) in [6.45, 7) is 3.45. The molecule has 7 nitrogen and oxygen atoms in total. The summed E-state index contributed by atoms with van der Waals surface area (Å²) >= 11 is 6.33. The lowest BCUT2D eigenvalue weighted by Gasteiger charge is -2.26. The van der Waals surface area contributed by atoms with Crippen LogP contribution in [0.2, 0.25) is 5.02 Å². The number of benzene rings is 3. The number of sulfonamides is 1. The molecule has 0 saturated carbocycles. The maximum atomic E-state index is 13.6. The van der Waals surface area contributed by atoms with Gasteiger partial charge < -0.3 is 19.5 Å². The quantitative estimate of drug-likeness (QED) is 0.430. The molecule has 1 fully saturated rings. The molecule has 0 bridgehead atoms. The van der Waals surface area contributed by atoms with Gasteiger partial charge in [-0.05, 0) is 49.4 Å². The maximum Gasteiger partial charge on any atom is 0.262 e. The molecular formula is C25H26ClFN2O5S. The molecule has 0 spiro atoms. The average Bonchev–Trinajstić information content (AvgIpc) is 3.26. The number of rotatable bonds is 8. The number of anilines is 1. The second-order valence-electron chi connectivity index (χ2n) is 8.44. The van der Waals surface area contributed by atoms with Crippen LogP contribution in [0.4, 0.5) is 10.1 Å². The number of hydrogen-bond acceptors (Lipinski definition) is 6. The minimum absolute atomic E-state index is 0.0638. The van der Waals surface area contributed by atoms with E-state index in [0.717, 1.165) is 13.0 Å². The van der Waals surface area contributed by atoms with Gasteiger partial charge in [-0.15, -0.1) is 0 Å². The SMILES string of the molecule is COc1cc(-c2ccc(F)cc2)c(S(=O)(=O)Nc2ccc(Cl)c(O[C@]3(C)CCNC3)c2)cc1OC. The van der Waals surface area contributed by atoms with Crippen LogP contribution in [0.15, 0.2) is 59.5 Å². The fraction of sp³-hybridized carbons (Fsp3) is 0.280. The minimum Gasteiger partial charge on any atom is -0.493 e. The van der Waals surface area contributed by atoms with Crippen LogP contribution >= 0.6 is 11.6 Å². The Morgan fingerprint density at radius 2 is 1.69 bits per heavy atom. The molecule has 0 unspecified atom stereocenters. The van der Waals surface area contributed by atoms with Crippen molar-refractivity contribution in [2.24, 2.45) is 0 Å². The molecule has 1 heterocycles. The molecule has 1 atom stereocenters. The molecule has 0 amide bonds. The molecule has 1 aliphatic rings. The number of ether oxygens (including phenoxy) is 3. The lowest BCUT2D eigenvalue weighted by Crippen LogP contribution is -2.34. The lowest BCUT2D eigenvalue weighted by atomic mass is 10.0. The van der Waals surface area contributed by atoms with Crippen LogP contribution in [0, 0.1) is 5.82 Å². The van der Waals surface area contributed by atoms with E-state index < -0.39 is 21.4 Å². The van der Waals surface area contributed by atoms with Crippen LogP contribution in [0.3, 0.4) is 0 Å². The first-order valence-electron chi connectivity index (χ1n) is 10.9. The third-order valence-electron chi connectivity index (χ3n) is 5.80. The highest BCUT2D eigenvalue weighted by Crippen LogP contribution is 2.39. The Hall–Kier alpha value is -3.01. The summed E-state index contributed by atoms with van der Waals surface area (Å²) in [5, 5.41) is 3.62. The number of nitrogens with one attached hydrogen (secondary N) is 2. The highest BCUT2D eigenvalue weighted by molar-refractivity contribution is 7.92. The Bertz CT molecular complexity index is 1330. The maximum absolute atomic E-state index is 13.6. The summed E-state index contributed by atoms with van der Waals surface area (Å²) < 4.78 is 60.1. The summed E-state index contributed by atoms with van der Waals surface area (Å²) in [7, 11) is -1.25. The van der Waals surface area contributed by atoms with Crippen molar-refractivity contribution in [1.29, 1.82) is 0 Å². The van der Waals surface area contributed by atoms with Crippen LogP contribution in [0.1, 0.15) is 13.3 Å². The Morgan fingerprint density at radius 3 is 2.31 bits per heavy atom. The molecule has 0 aromatic heterocycles. The zero-order valence-electron chi connectivity index (χ0n) is 19.5. The van der Waals surface area contributed by atoms with E-state index >= 15 is 0 Å². The molecule has 35 heavy (non-hydrogen) atoms. The number of hydrogen-bond donors (Lipinski definition) is 2. The average molecular weight is 521 g/mol. The van der Waals surface area contributed by atoms with E-state index in [1.807, 2.05) is 6.92 Å². The van der Waals surface area contributed by atoms with Crippen molar-refractivity contribution in [2.75, 3.05) is 32.0 Å². The van der Waals surface area contributed by atoms with Crippen molar-refractivity contribution >= 4 is 27.3 Å². The molecule has 0 radical (unpaired) electrons. The van der Waals surface area contributed by atoms with Gasteiger partial charge in [0.25, 0.3) is 10.0 Å². The number of halogens is 2. The summed E-state index contributed by atoms with van der Waals surface area (Å²) in [6.07, 6.45) is 0.798. The van der Waals surface area contributed by atoms with E-state index in [9.17, 15) is 12.8 Å². The first-order chi connectivity index (χ1) is 16.6. The van der Waals surface area contributed by atoms with Gasteiger partial charge >= 0.3 is 0 Å². The molecule has 10 heteroatoms. The fourth-order valence-electron chi connectivity index (χ4n) is 3.94. The highest BCUT2D eigenvalue weighted by atomic mass is 35.5. The smallest absolute Gasteiger partial charge is 0.262 e. The molecule has 2 N–H and O–H groups in total. The zero-order valence-corrected chi connectivity index (χ0v) is 21.1. The van der Waals surface area contributed by atoms with Crippen LogP contribution < -0.4 is 24.2 Å². The van der Waals surface area contributed by atoms with Crippen molar-refractivity contribution in [2.45, 2.75) is 23.8 Å². The van der Waals surface area contributed by atoms with Gasteiger partial charge in [0, 0.05) is 30.7 Å². The Labute approximate surface area is 209 Å². The Balaban J connectivity index is 1.74. The zero-order chi connectivity index (χ0) is 25.2. The van der Waals surface area contributed by atoms with E-state index in [1.165, 1.54) is 44.6 Å². The van der Waals surface area contributed by atoms with Gasteiger partial charge in [0.15, 0.2) is 11.5 Å². The van der Waals surface area contributed by atoms with Crippen LogP contribution in [0.25, 0.3) is 11.1 Å².